The lowest BCUT2D eigenvalue weighted by molar-refractivity contribution is -0.210. The summed E-state index contributed by atoms with van der Waals surface area (Å²) in [5.74, 6) is 6.56. The number of ketones is 2. The van der Waals surface area contributed by atoms with Crippen LogP contribution in [0.25, 0.3) is 0 Å². The second kappa shape index (κ2) is 11.1. The standard InChI is InChI=1S/C41H62O5S/c1-26(42)46-32-16-18-39(9)31(36(32,5)6)15-19-41(11)33(39)29(43)24-27-28-25-38(8,21-20-37(28,7)22-23-40(27,41)10)34(44)30(47(12,13)45)14-17-35(2,3)4/h24,28,31-33H,15-16,18-23,25H2,1-13H3/t28-,31-,32-,33+,37+,38-,39-,40+,41+/m0/s1. The molecule has 0 bridgehead atoms. The van der Waals surface area contributed by atoms with Gasteiger partial charge in [-0.1, -0.05) is 65.9 Å². The molecule has 4 fully saturated rings. The Morgan fingerprint density at radius 1 is 0.915 bits per heavy atom. The van der Waals surface area contributed by atoms with Crippen molar-refractivity contribution < 1.29 is 23.3 Å². The lowest BCUT2D eigenvalue weighted by atomic mass is 9.33. The van der Waals surface area contributed by atoms with Gasteiger partial charge in [0.2, 0.25) is 0 Å². The fraction of sp³-hybridized carbons (Fsp3) is 0.805. The van der Waals surface area contributed by atoms with Crippen molar-refractivity contribution in [1.82, 2.24) is 0 Å². The third kappa shape index (κ3) is 5.61. The van der Waals surface area contributed by atoms with Gasteiger partial charge >= 0.3 is 5.97 Å². The van der Waals surface area contributed by atoms with Crippen LogP contribution in [0.2, 0.25) is 0 Å². The molecule has 5 nitrogen and oxygen atoms in total. The summed E-state index contributed by atoms with van der Waals surface area (Å²) >= 11 is 0. The highest BCUT2D eigenvalue weighted by atomic mass is 32.2. The van der Waals surface area contributed by atoms with Crippen molar-refractivity contribution in [3.05, 3.63) is 11.6 Å². The maximum Gasteiger partial charge on any atom is 0.302 e. The zero-order chi connectivity index (χ0) is 35.4. The van der Waals surface area contributed by atoms with Crippen LogP contribution in [0.1, 0.15) is 134 Å². The molecule has 5 aliphatic rings. The van der Waals surface area contributed by atoms with Crippen LogP contribution in [0.5, 0.6) is 0 Å². The van der Waals surface area contributed by atoms with Gasteiger partial charge in [0.15, 0.2) is 11.6 Å². The molecule has 5 aliphatic carbocycles. The molecule has 0 radical (unpaired) electrons. The average Bonchev–Trinajstić information content (AvgIpc) is 2.91. The van der Waals surface area contributed by atoms with E-state index in [9.17, 15) is 18.6 Å². The zero-order valence-corrected chi connectivity index (χ0v) is 32.5. The first-order chi connectivity index (χ1) is 21.3. The van der Waals surface area contributed by atoms with Crippen molar-refractivity contribution in [2.45, 2.75) is 140 Å². The second-order valence-corrected chi connectivity index (χ2v) is 22.5. The minimum atomic E-state index is -2.58. The zero-order valence-electron chi connectivity index (χ0n) is 31.7. The SMILES string of the molecule is CC(=O)O[C@H]1CC[C@]2(C)[C@H]3C(=O)C=C4[C@@H]5C[C@@](C)(C(=O)C(C#CC(C)(C)C)=S(C)(C)=O)CC[C@]5(C)CC[C@@]4(C)[C@]3(C)CC[C@H]2C1(C)C. The lowest BCUT2D eigenvalue weighted by Gasteiger charge is -2.70. The summed E-state index contributed by atoms with van der Waals surface area (Å²) in [6.07, 6.45) is 13.3. The van der Waals surface area contributed by atoms with Gasteiger partial charge in [0.1, 0.15) is 11.0 Å². The first-order valence-corrected chi connectivity index (χ1v) is 20.5. The normalized spacial score (nSPS) is 42.7. The second-order valence-electron chi connectivity index (χ2n) is 19.6. The smallest absolute Gasteiger partial charge is 0.302 e. The van der Waals surface area contributed by atoms with E-state index in [1.165, 1.54) is 12.5 Å². The van der Waals surface area contributed by atoms with Gasteiger partial charge in [0.05, 0.1) is 0 Å². The average molecular weight is 667 g/mol. The van der Waals surface area contributed by atoms with Crippen LogP contribution in [0.4, 0.5) is 0 Å². The molecule has 5 rings (SSSR count). The molecule has 0 saturated heterocycles. The topological polar surface area (TPSA) is 77.5 Å². The van der Waals surface area contributed by atoms with E-state index in [1.54, 1.807) is 12.5 Å². The Morgan fingerprint density at radius 3 is 2.11 bits per heavy atom. The van der Waals surface area contributed by atoms with Gasteiger partial charge in [-0.25, -0.2) is 0 Å². The molecule has 0 amide bonds. The third-order valence-electron chi connectivity index (χ3n) is 14.6. The van der Waals surface area contributed by atoms with E-state index in [4.69, 9.17) is 4.74 Å². The van der Waals surface area contributed by atoms with E-state index in [0.29, 0.717) is 6.42 Å². The molecule has 0 spiro atoms. The number of ether oxygens (including phenoxy) is 1. The van der Waals surface area contributed by atoms with E-state index in [2.05, 4.69) is 66.4 Å². The summed E-state index contributed by atoms with van der Waals surface area (Å²) in [5.41, 5.74) is -0.505. The molecule has 4 saturated carbocycles. The van der Waals surface area contributed by atoms with Crippen LogP contribution in [0, 0.1) is 67.5 Å². The lowest BCUT2D eigenvalue weighted by Crippen LogP contribution is -2.66. The first kappa shape index (κ1) is 36.4. The summed E-state index contributed by atoms with van der Waals surface area (Å²) in [5, 5.41) is 0. The van der Waals surface area contributed by atoms with Gasteiger partial charge in [-0.05, 0) is 128 Å². The summed E-state index contributed by atoms with van der Waals surface area (Å²) in [7, 11) is -2.58. The van der Waals surface area contributed by atoms with Gasteiger partial charge in [0.25, 0.3) is 0 Å². The van der Waals surface area contributed by atoms with Crippen LogP contribution in [-0.4, -0.2) is 45.2 Å². The number of rotatable bonds is 3. The van der Waals surface area contributed by atoms with Crippen LogP contribution >= 0.6 is 0 Å². The van der Waals surface area contributed by atoms with E-state index in [1.807, 2.05) is 20.8 Å². The first-order valence-electron chi connectivity index (χ1n) is 18.1. The molecule has 0 aromatic rings. The molecular weight excluding hydrogens is 605 g/mol. The molecule has 9 atom stereocenters. The van der Waals surface area contributed by atoms with Gasteiger partial charge in [0, 0.05) is 41.6 Å². The Bertz CT molecular complexity index is 1600. The molecule has 0 unspecified atom stereocenters. The number of hydrogen-bond donors (Lipinski definition) is 0. The minimum Gasteiger partial charge on any atom is -0.462 e. The summed E-state index contributed by atoms with van der Waals surface area (Å²) < 4.78 is 19.4. The monoisotopic (exact) mass is 666 g/mol. The Labute approximate surface area is 286 Å². The van der Waals surface area contributed by atoms with E-state index >= 15 is 0 Å². The highest BCUT2D eigenvalue weighted by Crippen LogP contribution is 2.75. The quantitative estimate of drug-likeness (QED) is 0.172. The van der Waals surface area contributed by atoms with Gasteiger partial charge in [-0.2, -0.15) is 0 Å². The number of allylic oxidation sites excluding steroid dienone is 2. The molecule has 0 aromatic heterocycles. The number of carbonyl (C=O) groups is 3. The van der Waals surface area contributed by atoms with Gasteiger partial charge in [-0.3, -0.25) is 18.6 Å². The van der Waals surface area contributed by atoms with Crippen molar-refractivity contribution in [3.63, 3.8) is 0 Å². The van der Waals surface area contributed by atoms with Crippen molar-refractivity contribution in [2.75, 3.05) is 12.5 Å². The maximum absolute atomic E-state index is 14.8. The van der Waals surface area contributed by atoms with E-state index in [0.717, 1.165) is 51.4 Å². The molecule has 0 aliphatic heterocycles. The molecule has 0 N–H and O–H groups in total. The fourth-order valence-electron chi connectivity index (χ4n) is 11.7. The summed E-state index contributed by atoms with van der Waals surface area (Å²) in [4.78, 5) is 41.5. The maximum atomic E-state index is 14.8. The number of esters is 1. The van der Waals surface area contributed by atoms with Crippen LogP contribution in [0.3, 0.4) is 0 Å². The summed E-state index contributed by atoms with van der Waals surface area (Å²) in [6, 6.07) is 0. The van der Waals surface area contributed by atoms with Crippen LogP contribution in [-0.2, 0) is 28.6 Å². The molecule has 0 aromatic carbocycles. The van der Waals surface area contributed by atoms with Gasteiger partial charge < -0.3 is 4.74 Å². The van der Waals surface area contributed by atoms with Crippen molar-refractivity contribution in [1.29, 1.82) is 0 Å². The van der Waals surface area contributed by atoms with E-state index < -0.39 is 14.9 Å². The van der Waals surface area contributed by atoms with Crippen LogP contribution in [0.15, 0.2) is 11.6 Å². The summed E-state index contributed by atoms with van der Waals surface area (Å²) in [6.45, 7) is 23.7. The largest absolute Gasteiger partial charge is 0.462 e. The third-order valence-corrected chi connectivity index (χ3v) is 15.9. The number of hydrogen-bond acceptors (Lipinski definition) is 5. The van der Waals surface area contributed by atoms with Crippen molar-refractivity contribution in [2.24, 2.45) is 55.7 Å². The Balaban J connectivity index is 1.56. The highest BCUT2D eigenvalue weighted by molar-refractivity contribution is 8.02. The van der Waals surface area contributed by atoms with Crippen LogP contribution < -0.4 is 0 Å². The van der Waals surface area contributed by atoms with E-state index in [-0.39, 0.29) is 78.7 Å². The minimum absolute atomic E-state index is 0.0108. The molecule has 262 valence electrons. The molecule has 0 heterocycles. The predicted octanol–water partition coefficient (Wildman–Crippen LogP) is 8.23. The number of Topliss-reactive ketones (excluding diaryl/α,β-unsaturated/α-hetero) is 1. The number of carbonyl (C=O) groups excluding carboxylic acids is 3. The fourth-order valence-corrected chi connectivity index (χ4v) is 12.7. The highest BCUT2D eigenvalue weighted by Gasteiger charge is 2.70. The Morgan fingerprint density at radius 2 is 1.53 bits per heavy atom. The van der Waals surface area contributed by atoms with Gasteiger partial charge in [-0.15, -0.1) is 0 Å². The number of fused-ring (bicyclic) bond motifs is 7. The van der Waals surface area contributed by atoms with Crippen molar-refractivity contribution >= 4 is 31.9 Å². The predicted molar refractivity (Wildman–Crippen MR) is 192 cm³/mol. The Hall–Kier alpha value is -1.87. The molecule has 47 heavy (non-hydrogen) atoms. The van der Waals surface area contributed by atoms with Crippen molar-refractivity contribution in [3.8, 4) is 11.8 Å². The Kier molecular flexibility index (Phi) is 8.57. The molecular formula is C41H62O5S. The molecule has 6 heteroatoms.